The SMILES string of the molecule is Cc1ccc([C@@H]2Oc3ccc(Cl)cc3C3=C2[C@H](c2cccnc2)n2nnnc2N3)cc1. The van der Waals surface area contributed by atoms with Gasteiger partial charge in [-0.1, -0.05) is 52.6 Å². The van der Waals surface area contributed by atoms with Gasteiger partial charge in [0.25, 0.3) is 0 Å². The van der Waals surface area contributed by atoms with Crippen LogP contribution in [0.4, 0.5) is 5.95 Å². The van der Waals surface area contributed by atoms with Crippen LogP contribution in [0.25, 0.3) is 5.70 Å². The summed E-state index contributed by atoms with van der Waals surface area (Å²) in [7, 11) is 0. The van der Waals surface area contributed by atoms with Gasteiger partial charge in [0.05, 0.1) is 5.70 Å². The van der Waals surface area contributed by atoms with Crippen molar-refractivity contribution in [1.29, 1.82) is 0 Å². The van der Waals surface area contributed by atoms with Crippen LogP contribution in [0.1, 0.15) is 34.4 Å². The molecule has 0 radical (unpaired) electrons. The van der Waals surface area contributed by atoms with E-state index in [0.717, 1.165) is 33.7 Å². The van der Waals surface area contributed by atoms with Gasteiger partial charge < -0.3 is 10.1 Å². The van der Waals surface area contributed by atoms with Gasteiger partial charge in [0.2, 0.25) is 5.95 Å². The molecule has 1 N–H and O–H groups in total. The molecule has 8 heteroatoms. The zero-order valence-corrected chi connectivity index (χ0v) is 17.3. The zero-order valence-electron chi connectivity index (χ0n) is 16.5. The van der Waals surface area contributed by atoms with Gasteiger partial charge in [0.1, 0.15) is 17.9 Å². The number of pyridine rings is 1. The maximum absolute atomic E-state index is 6.57. The first-order chi connectivity index (χ1) is 15.2. The molecule has 4 aromatic rings. The largest absolute Gasteiger partial charge is 0.480 e. The van der Waals surface area contributed by atoms with Crippen LogP contribution in [0.2, 0.25) is 5.02 Å². The minimum absolute atomic E-state index is 0.284. The van der Waals surface area contributed by atoms with Crippen molar-refractivity contribution < 1.29 is 4.74 Å². The van der Waals surface area contributed by atoms with E-state index >= 15 is 0 Å². The zero-order chi connectivity index (χ0) is 20.9. The highest BCUT2D eigenvalue weighted by molar-refractivity contribution is 6.30. The van der Waals surface area contributed by atoms with Gasteiger partial charge in [-0.25, -0.2) is 0 Å². The van der Waals surface area contributed by atoms with Crippen molar-refractivity contribution >= 4 is 23.2 Å². The number of rotatable bonds is 2. The van der Waals surface area contributed by atoms with Crippen LogP contribution >= 0.6 is 11.6 Å². The van der Waals surface area contributed by atoms with Crippen LogP contribution in [0.15, 0.2) is 72.6 Å². The van der Waals surface area contributed by atoms with Crippen molar-refractivity contribution in [1.82, 2.24) is 25.2 Å². The molecule has 31 heavy (non-hydrogen) atoms. The van der Waals surface area contributed by atoms with E-state index in [1.54, 1.807) is 10.9 Å². The number of hydrogen-bond acceptors (Lipinski definition) is 6. The van der Waals surface area contributed by atoms with Crippen LogP contribution in [0.5, 0.6) is 5.75 Å². The number of ether oxygens (including phenoxy) is 1. The Morgan fingerprint density at radius 2 is 1.94 bits per heavy atom. The average molecular weight is 429 g/mol. The van der Waals surface area contributed by atoms with Crippen LogP contribution in [0.3, 0.4) is 0 Å². The molecule has 0 spiro atoms. The summed E-state index contributed by atoms with van der Waals surface area (Å²) >= 11 is 6.35. The molecule has 0 aliphatic carbocycles. The summed E-state index contributed by atoms with van der Waals surface area (Å²) in [5.74, 6) is 1.31. The smallest absolute Gasteiger partial charge is 0.248 e. The summed E-state index contributed by atoms with van der Waals surface area (Å²) in [5.41, 5.74) is 6.00. The first kappa shape index (κ1) is 18.1. The van der Waals surface area contributed by atoms with Gasteiger partial charge >= 0.3 is 0 Å². The predicted octanol–water partition coefficient (Wildman–Crippen LogP) is 4.59. The highest BCUT2D eigenvalue weighted by Gasteiger charge is 2.41. The lowest BCUT2D eigenvalue weighted by Gasteiger charge is -2.38. The van der Waals surface area contributed by atoms with Gasteiger partial charge in [-0.3, -0.25) is 4.98 Å². The standard InChI is InChI=1S/C23H17ClN6O/c1-13-4-6-14(7-5-13)22-19-20(17-11-16(24)8-9-18(17)31-22)26-23-27-28-29-30(23)21(19)15-3-2-10-25-12-15/h2-12,21-22H,1H3,(H,26,27,29)/t21-,22-/m0/s1. The Morgan fingerprint density at radius 3 is 2.74 bits per heavy atom. The number of halogens is 1. The second-order valence-electron chi connectivity index (χ2n) is 7.64. The van der Waals surface area contributed by atoms with Crippen molar-refractivity contribution in [2.24, 2.45) is 0 Å². The Morgan fingerprint density at radius 1 is 1.06 bits per heavy atom. The number of anilines is 1. The molecule has 0 saturated carbocycles. The molecule has 0 amide bonds. The van der Waals surface area contributed by atoms with E-state index in [4.69, 9.17) is 16.3 Å². The number of aryl methyl sites for hydroxylation is 1. The fraction of sp³-hybridized carbons (Fsp3) is 0.130. The number of nitrogens with zero attached hydrogens (tertiary/aromatic N) is 5. The maximum Gasteiger partial charge on any atom is 0.248 e. The lowest BCUT2D eigenvalue weighted by Crippen LogP contribution is -2.32. The molecule has 0 fully saturated rings. The third kappa shape index (κ3) is 2.89. The Balaban J connectivity index is 1.64. The Kier molecular flexibility index (Phi) is 4.04. The van der Waals surface area contributed by atoms with Crippen molar-refractivity contribution in [3.05, 3.63) is 99.8 Å². The molecule has 7 nitrogen and oxygen atoms in total. The van der Waals surface area contributed by atoms with Gasteiger partial charge in [-0.05, 0) is 52.7 Å². The third-order valence-corrected chi connectivity index (χ3v) is 5.91. The highest BCUT2D eigenvalue weighted by atomic mass is 35.5. The van der Waals surface area contributed by atoms with E-state index in [1.165, 1.54) is 5.56 Å². The number of fused-ring (bicyclic) bond motifs is 3. The Labute approximate surface area is 183 Å². The second-order valence-corrected chi connectivity index (χ2v) is 8.08. The molecule has 0 unspecified atom stereocenters. The van der Waals surface area contributed by atoms with E-state index in [1.807, 2.05) is 36.5 Å². The molecule has 2 aliphatic rings. The van der Waals surface area contributed by atoms with Crippen LogP contribution in [0, 0.1) is 6.92 Å². The Hall–Kier alpha value is -3.71. The van der Waals surface area contributed by atoms with E-state index in [9.17, 15) is 0 Å². The number of aromatic nitrogens is 5. The van der Waals surface area contributed by atoms with Crippen molar-refractivity contribution in [3.8, 4) is 5.75 Å². The van der Waals surface area contributed by atoms with E-state index in [-0.39, 0.29) is 12.1 Å². The number of tetrazole rings is 1. The first-order valence-corrected chi connectivity index (χ1v) is 10.3. The van der Waals surface area contributed by atoms with E-state index in [0.29, 0.717) is 11.0 Å². The Bertz CT molecular complexity index is 1320. The summed E-state index contributed by atoms with van der Waals surface area (Å²) in [6.45, 7) is 2.07. The number of benzene rings is 2. The quantitative estimate of drug-likeness (QED) is 0.503. The third-order valence-electron chi connectivity index (χ3n) is 5.68. The molecule has 2 aliphatic heterocycles. The van der Waals surface area contributed by atoms with Gasteiger partial charge in [-0.2, -0.15) is 4.68 Å². The molecule has 0 bridgehead atoms. The number of hydrogen-bond donors (Lipinski definition) is 1. The lowest BCUT2D eigenvalue weighted by atomic mass is 9.85. The molecule has 6 rings (SSSR count). The summed E-state index contributed by atoms with van der Waals surface area (Å²) < 4.78 is 8.34. The van der Waals surface area contributed by atoms with Crippen molar-refractivity contribution in [2.45, 2.75) is 19.1 Å². The summed E-state index contributed by atoms with van der Waals surface area (Å²) in [5, 5.41) is 16.4. The van der Waals surface area contributed by atoms with Crippen molar-refractivity contribution in [3.63, 3.8) is 0 Å². The van der Waals surface area contributed by atoms with E-state index < -0.39 is 0 Å². The maximum atomic E-state index is 6.57. The number of nitrogens with one attached hydrogen (secondary N) is 1. The molecule has 2 aromatic heterocycles. The summed E-state index contributed by atoms with van der Waals surface area (Å²) in [6.07, 6.45) is 3.26. The monoisotopic (exact) mass is 428 g/mol. The molecule has 4 heterocycles. The van der Waals surface area contributed by atoms with E-state index in [2.05, 4.69) is 57.0 Å². The van der Waals surface area contributed by atoms with Crippen LogP contribution in [-0.4, -0.2) is 25.2 Å². The van der Waals surface area contributed by atoms with Crippen LogP contribution < -0.4 is 10.1 Å². The van der Waals surface area contributed by atoms with Gasteiger partial charge in [0, 0.05) is 28.6 Å². The predicted molar refractivity (Wildman–Crippen MR) is 117 cm³/mol. The van der Waals surface area contributed by atoms with Crippen LogP contribution in [-0.2, 0) is 0 Å². The molecular formula is C23H17ClN6O. The minimum atomic E-state index is -0.334. The average Bonchev–Trinajstić information content (AvgIpc) is 3.27. The van der Waals surface area contributed by atoms with Gasteiger partial charge in [0.15, 0.2) is 0 Å². The summed E-state index contributed by atoms with van der Waals surface area (Å²) in [6, 6.07) is 17.7. The van der Waals surface area contributed by atoms with Crippen molar-refractivity contribution in [2.75, 3.05) is 5.32 Å². The minimum Gasteiger partial charge on any atom is -0.480 e. The topological polar surface area (TPSA) is 77.8 Å². The highest BCUT2D eigenvalue weighted by Crippen LogP contribution is 2.50. The lowest BCUT2D eigenvalue weighted by molar-refractivity contribution is 0.222. The second kappa shape index (κ2) is 6.92. The fourth-order valence-corrected chi connectivity index (χ4v) is 4.41. The molecular weight excluding hydrogens is 412 g/mol. The molecule has 0 saturated heterocycles. The summed E-state index contributed by atoms with van der Waals surface area (Å²) in [4.78, 5) is 4.34. The molecule has 152 valence electrons. The normalized spacial score (nSPS) is 19.0. The van der Waals surface area contributed by atoms with Gasteiger partial charge in [-0.15, -0.1) is 0 Å². The molecule has 2 aromatic carbocycles. The molecule has 2 atom stereocenters. The first-order valence-electron chi connectivity index (χ1n) is 9.91. The fourth-order valence-electron chi connectivity index (χ4n) is 4.24.